The van der Waals surface area contributed by atoms with Crippen LogP contribution in [-0.4, -0.2) is 27.6 Å². The minimum atomic E-state index is -3.47. The lowest BCUT2D eigenvalue weighted by molar-refractivity contribution is -0.142. The zero-order valence-electron chi connectivity index (χ0n) is 19.1. The van der Waals surface area contributed by atoms with Crippen molar-refractivity contribution < 1.29 is 22.7 Å². The standard InChI is InChI=1S/C27H30O5S/c1-27(2)22-12-11-21(25(27)18-22)19-32-26(28)17-20-9-13-23(14-10-20)31-15-6-16-33(29,30)24-7-4-3-5-8-24/h3-11,13-14,16,22,25H,12,15,17-19H2,1-2H3/b16-6+. The lowest BCUT2D eigenvalue weighted by Crippen LogP contribution is -2.48. The van der Waals surface area contributed by atoms with Crippen LogP contribution in [0.25, 0.3) is 0 Å². The molecule has 0 spiro atoms. The topological polar surface area (TPSA) is 69.7 Å². The summed E-state index contributed by atoms with van der Waals surface area (Å²) in [4.78, 5) is 12.5. The van der Waals surface area contributed by atoms with Crippen molar-refractivity contribution >= 4 is 15.8 Å². The minimum absolute atomic E-state index is 0.126. The van der Waals surface area contributed by atoms with Crippen LogP contribution in [0.15, 0.2) is 82.6 Å². The van der Waals surface area contributed by atoms with Crippen molar-refractivity contribution in [2.45, 2.75) is 38.0 Å². The quantitative estimate of drug-likeness (QED) is 0.378. The fourth-order valence-electron chi connectivity index (χ4n) is 4.72. The fraction of sp³-hybridized carbons (Fsp3) is 0.370. The van der Waals surface area contributed by atoms with Crippen LogP contribution in [0.1, 0.15) is 32.3 Å². The molecule has 33 heavy (non-hydrogen) atoms. The molecule has 3 aliphatic rings. The van der Waals surface area contributed by atoms with E-state index in [-0.39, 0.29) is 23.9 Å². The molecule has 0 radical (unpaired) electrons. The molecule has 2 aromatic carbocycles. The van der Waals surface area contributed by atoms with E-state index in [0.29, 0.717) is 23.7 Å². The van der Waals surface area contributed by atoms with Gasteiger partial charge in [-0.25, -0.2) is 8.42 Å². The van der Waals surface area contributed by atoms with Gasteiger partial charge in [0.25, 0.3) is 0 Å². The number of hydrogen-bond acceptors (Lipinski definition) is 5. The van der Waals surface area contributed by atoms with Crippen LogP contribution in [-0.2, 0) is 25.8 Å². The summed E-state index contributed by atoms with van der Waals surface area (Å²) in [7, 11) is -3.47. The summed E-state index contributed by atoms with van der Waals surface area (Å²) in [5, 5.41) is 1.15. The highest BCUT2D eigenvalue weighted by Crippen LogP contribution is 2.59. The van der Waals surface area contributed by atoms with Gasteiger partial charge in [-0.1, -0.05) is 50.3 Å². The van der Waals surface area contributed by atoms with E-state index in [9.17, 15) is 13.2 Å². The number of rotatable bonds is 9. The Balaban J connectivity index is 1.21. The maximum atomic E-state index is 12.3. The van der Waals surface area contributed by atoms with Crippen molar-refractivity contribution in [1.29, 1.82) is 0 Å². The SMILES string of the molecule is CC1(C)C2CC=C(COC(=O)Cc3ccc(OC/C=C/S(=O)(=O)c4ccccc4)cc3)C1C2. The van der Waals surface area contributed by atoms with Gasteiger partial charge in [0.2, 0.25) is 0 Å². The van der Waals surface area contributed by atoms with Crippen LogP contribution >= 0.6 is 0 Å². The normalized spacial score (nSPS) is 21.2. The average molecular weight is 467 g/mol. The summed E-state index contributed by atoms with van der Waals surface area (Å²) in [6, 6.07) is 15.4. The van der Waals surface area contributed by atoms with E-state index in [4.69, 9.17) is 9.47 Å². The van der Waals surface area contributed by atoms with E-state index in [2.05, 4.69) is 19.9 Å². The van der Waals surface area contributed by atoms with Gasteiger partial charge in [-0.05, 0) is 71.6 Å². The van der Waals surface area contributed by atoms with Crippen molar-refractivity contribution in [2.75, 3.05) is 13.2 Å². The van der Waals surface area contributed by atoms with Gasteiger partial charge < -0.3 is 9.47 Å². The number of carbonyl (C=O) groups is 1. The van der Waals surface area contributed by atoms with E-state index in [0.717, 1.165) is 23.3 Å². The molecule has 2 bridgehead atoms. The summed E-state index contributed by atoms with van der Waals surface area (Å²) < 4.78 is 35.5. The molecule has 2 aromatic rings. The summed E-state index contributed by atoms with van der Waals surface area (Å²) >= 11 is 0. The Labute approximate surface area is 196 Å². The van der Waals surface area contributed by atoms with Gasteiger partial charge in [0, 0.05) is 5.41 Å². The lowest BCUT2D eigenvalue weighted by Gasteiger charge is -2.56. The van der Waals surface area contributed by atoms with Gasteiger partial charge in [-0.3, -0.25) is 4.79 Å². The maximum Gasteiger partial charge on any atom is 0.310 e. The van der Waals surface area contributed by atoms with Gasteiger partial charge in [-0.15, -0.1) is 0 Å². The van der Waals surface area contributed by atoms with Crippen LogP contribution in [0.2, 0.25) is 0 Å². The molecule has 6 heteroatoms. The van der Waals surface area contributed by atoms with Gasteiger partial charge >= 0.3 is 5.97 Å². The number of benzene rings is 2. The number of esters is 1. The second-order valence-corrected chi connectivity index (χ2v) is 11.2. The Bertz CT molecular complexity index is 1140. The van der Waals surface area contributed by atoms with Gasteiger partial charge in [-0.2, -0.15) is 0 Å². The third-order valence-electron chi connectivity index (χ3n) is 6.95. The highest BCUT2D eigenvalue weighted by atomic mass is 32.2. The summed E-state index contributed by atoms with van der Waals surface area (Å²) in [6.07, 6.45) is 6.23. The number of fused-ring (bicyclic) bond motifs is 1. The fourth-order valence-corrected chi connectivity index (χ4v) is 5.75. The molecule has 0 amide bonds. The predicted octanol–water partition coefficient (Wildman–Crippen LogP) is 5.13. The Morgan fingerprint density at radius 3 is 2.48 bits per heavy atom. The lowest BCUT2D eigenvalue weighted by atomic mass is 9.49. The van der Waals surface area contributed by atoms with Crippen molar-refractivity contribution in [3.63, 3.8) is 0 Å². The zero-order chi connectivity index (χ0) is 23.5. The third kappa shape index (κ3) is 5.38. The Morgan fingerprint density at radius 1 is 1.09 bits per heavy atom. The van der Waals surface area contributed by atoms with E-state index >= 15 is 0 Å². The van der Waals surface area contributed by atoms with E-state index in [1.807, 2.05) is 12.1 Å². The molecule has 0 saturated heterocycles. The number of allylic oxidation sites excluding steroid dienone is 1. The summed E-state index contributed by atoms with van der Waals surface area (Å²) in [5.41, 5.74) is 2.44. The molecule has 2 atom stereocenters. The van der Waals surface area contributed by atoms with Gasteiger partial charge in [0.1, 0.15) is 19.0 Å². The number of carbonyl (C=O) groups excluding carboxylic acids is 1. The second kappa shape index (κ2) is 9.56. The molecule has 5 rings (SSSR count). The molecule has 0 aliphatic heterocycles. The monoisotopic (exact) mass is 466 g/mol. The highest BCUT2D eigenvalue weighted by Gasteiger charge is 2.51. The van der Waals surface area contributed by atoms with Crippen molar-refractivity contribution in [2.24, 2.45) is 17.3 Å². The molecule has 1 fully saturated rings. The van der Waals surface area contributed by atoms with Crippen molar-refractivity contribution in [1.82, 2.24) is 0 Å². The van der Waals surface area contributed by atoms with Crippen LogP contribution in [0, 0.1) is 17.3 Å². The number of ether oxygens (including phenoxy) is 2. The zero-order valence-corrected chi connectivity index (χ0v) is 19.9. The Kier molecular flexibility index (Phi) is 6.75. The molecular weight excluding hydrogens is 436 g/mol. The molecule has 0 aromatic heterocycles. The van der Waals surface area contributed by atoms with E-state index < -0.39 is 9.84 Å². The molecule has 2 unspecified atom stereocenters. The first-order valence-corrected chi connectivity index (χ1v) is 12.8. The predicted molar refractivity (Wildman–Crippen MR) is 127 cm³/mol. The maximum absolute atomic E-state index is 12.3. The van der Waals surface area contributed by atoms with Crippen LogP contribution < -0.4 is 4.74 Å². The van der Waals surface area contributed by atoms with Crippen LogP contribution in [0.3, 0.4) is 0 Å². The van der Waals surface area contributed by atoms with Gasteiger partial charge in [0.15, 0.2) is 9.84 Å². The molecular formula is C27H30O5S. The minimum Gasteiger partial charge on any atom is -0.490 e. The van der Waals surface area contributed by atoms with Gasteiger partial charge in [0.05, 0.1) is 11.3 Å². The number of hydrogen-bond donors (Lipinski definition) is 0. The molecule has 0 heterocycles. The Hall–Kier alpha value is -2.86. The van der Waals surface area contributed by atoms with E-state index in [1.165, 1.54) is 18.1 Å². The first-order valence-electron chi connectivity index (χ1n) is 11.3. The van der Waals surface area contributed by atoms with Crippen molar-refractivity contribution in [3.8, 4) is 5.75 Å². The van der Waals surface area contributed by atoms with Crippen molar-refractivity contribution in [3.05, 3.63) is 83.3 Å². The largest absolute Gasteiger partial charge is 0.490 e. The molecule has 5 nitrogen and oxygen atoms in total. The molecule has 3 aliphatic carbocycles. The summed E-state index contributed by atoms with van der Waals surface area (Å²) in [5.74, 6) is 1.67. The number of sulfone groups is 1. The molecule has 0 N–H and O–H groups in total. The molecule has 174 valence electrons. The first-order chi connectivity index (χ1) is 15.8. The Morgan fingerprint density at radius 2 is 1.82 bits per heavy atom. The second-order valence-electron chi connectivity index (χ2n) is 9.34. The third-order valence-corrected chi connectivity index (χ3v) is 8.43. The first kappa shape index (κ1) is 23.3. The average Bonchev–Trinajstić information content (AvgIpc) is 2.82. The summed E-state index contributed by atoms with van der Waals surface area (Å²) in [6.45, 7) is 5.13. The van der Waals surface area contributed by atoms with Crippen LogP contribution in [0.5, 0.6) is 5.75 Å². The highest BCUT2D eigenvalue weighted by molar-refractivity contribution is 7.94. The smallest absolute Gasteiger partial charge is 0.310 e. The van der Waals surface area contributed by atoms with E-state index in [1.54, 1.807) is 42.5 Å². The van der Waals surface area contributed by atoms with Crippen LogP contribution in [0.4, 0.5) is 0 Å². The molecule has 1 saturated carbocycles.